The van der Waals surface area contributed by atoms with Gasteiger partial charge in [0.05, 0.1) is 29.2 Å². The summed E-state index contributed by atoms with van der Waals surface area (Å²) in [7, 11) is 0. The molecule has 3 amide bonds. The van der Waals surface area contributed by atoms with E-state index in [0.717, 1.165) is 44.1 Å². The van der Waals surface area contributed by atoms with Gasteiger partial charge in [0.2, 0.25) is 17.7 Å². The van der Waals surface area contributed by atoms with Crippen LogP contribution in [-0.2, 0) is 20.9 Å². The molecule has 202 valence electrons. The fourth-order valence-electron chi connectivity index (χ4n) is 7.33. The minimum atomic E-state index is -0.648. The molecule has 6 atom stereocenters. The van der Waals surface area contributed by atoms with Gasteiger partial charge in [0, 0.05) is 17.8 Å². The maximum atomic E-state index is 14.2. The molecule has 1 spiro atoms. The van der Waals surface area contributed by atoms with E-state index in [0.29, 0.717) is 13.0 Å². The zero-order chi connectivity index (χ0) is 26.2. The summed E-state index contributed by atoms with van der Waals surface area (Å²) in [5, 5.41) is 16.8. The van der Waals surface area contributed by atoms with Crippen molar-refractivity contribution < 1.29 is 19.5 Å². The summed E-state index contributed by atoms with van der Waals surface area (Å²) in [6.45, 7) is 4.38. The number of carbonyl (C=O) groups is 3. The summed E-state index contributed by atoms with van der Waals surface area (Å²) >= 11 is 1.69. The number of fused-ring (bicyclic) bond motifs is 1. The van der Waals surface area contributed by atoms with Crippen molar-refractivity contribution in [1.82, 2.24) is 15.5 Å². The standard InChI is InChI=1S/C29H41N3O4S/c1-18(2)15-21(17-33)32-25(27(35)31-20-11-7-4-8-12-20)29-14-13-22(37-29)23(24(29)28(32)36)26(34)30-16-19-9-5-3-6-10-19/h3,5-6,9-10,18,20-25,33H,4,7-8,11-17H2,1-2H3,(H,30,34)(H,31,35)/t21-,22+,23-,24+,25?,29?/m1/s1. The van der Waals surface area contributed by atoms with Crippen LogP contribution in [0.4, 0.5) is 0 Å². The van der Waals surface area contributed by atoms with E-state index in [1.54, 1.807) is 16.7 Å². The number of amides is 3. The lowest BCUT2D eigenvalue weighted by Crippen LogP contribution is -2.58. The number of thioether (sulfide) groups is 1. The monoisotopic (exact) mass is 527 g/mol. The van der Waals surface area contributed by atoms with Gasteiger partial charge in [-0.05, 0) is 43.6 Å². The number of likely N-dealkylation sites (tertiary alicyclic amines) is 1. The van der Waals surface area contributed by atoms with E-state index in [1.165, 1.54) is 6.42 Å². The first-order valence-electron chi connectivity index (χ1n) is 14.1. The van der Waals surface area contributed by atoms with Crippen LogP contribution in [0.2, 0.25) is 0 Å². The van der Waals surface area contributed by atoms with Gasteiger partial charge in [0.25, 0.3) is 0 Å². The van der Waals surface area contributed by atoms with Gasteiger partial charge in [0.1, 0.15) is 6.04 Å². The molecule has 3 saturated heterocycles. The van der Waals surface area contributed by atoms with Crippen LogP contribution in [0.25, 0.3) is 0 Å². The van der Waals surface area contributed by atoms with E-state index in [1.807, 2.05) is 30.3 Å². The van der Waals surface area contributed by atoms with Gasteiger partial charge in [-0.15, -0.1) is 11.8 Å². The molecule has 1 aliphatic carbocycles. The maximum absolute atomic E-state index is 14.2. The molecule has 1 aromatic rings. The first-order valence-corrected chi connectivity index (χ1v) is 15.0. The first-order chi connectivity index (χ1) is 17.9. The number of hydrogen-bond donors (Lipinski definition) is 3. The predicted octanol–water partition coefficient (Wildman–Crippen LogP) is 3.25. The Hall–Kier alpha value is -2.06. The van der Waals surface area contributed by atoms with Crippen molar-refractivity contribution in [3.05, 3.63) is 35.9 Å². The summed E-state index contributed by atoms with van der Waals surface area (Å²) in [4.78, 5) is 43.4. The van der Waals surface area contributed by atoms with Crippen molar-refractivity contribution in [2.45, 2.75) is 99.9 Å². The van der Waals surface area contributed by atoms with Crippen LogP contribution in [0.15, 0.2) is 30.3 Å². The normalized spacial score (nSPS) is 32.0. The van der Waals surface area contributed by atoms with Crippen LogP contribution >= 0.6 is 11.8 Å². The quantitative estimate of drug-likeness (QED) is 0.458. The molecule has 4 aliphatic rings. The number of hydrogen-bond acceptors (Lipinski definition) is 5. The number of rotatable bonds is 9. The van der Waals surface area contributed by atoms with Crippen molar-refractivity contribution in [2.75, 3.05) is 6.61 Å². The molecular formula is C29H41N3O4S. The zero-order valence-electron chi connectivity index (χ0n) is 22.0. The van der Waals surface area contributed by atoms with Crippen LogP contribution in [0, 0.1) is 17.8 Å². The Morgan fingerprint density at radius 3 is 2.51 bits per heavy atom. The lowest BCUT2D eigenvalue weighted by atomic mass is 9.70. The Labute approximate surface area is 224 Å². The van der Waals surface area contributed by atoms with Crippen LogP contribution in [-0.4, -0.2) is 62.5 Å². The lowest BCUT2D eigenvalue weighted by molar-refractivity contribution is -0.143. The molecule has 0 radical (unpaired) electrons. The molecule has 7 nitrogen and oxygen atoms in total. The Bertz CT molecular complexity index is 998. The summed E-state index contributed by atoms with van der Waals surface area (Å²) in [5.41, 5.74) is 1.02. The van der Waals surface area contributed by atoms with E-state index in [4.69, 9.17) is 0 Å². The van der Waals surface area contributed by atoms with Crippen molar-refractivity contribution in [2.24, 2.45) is 17.8 Å². The molecule has 4 fully saturated rings. The van der Waals surface area contributed by atoms with E-state index in [-0.39, 0.29) is 41.5 Å². The average molecular weight is 528 g/mol. The molecule has 2 unspecified atom stereocenters. The molecule has 0 aromatic heterocycles. The van der Waals surface area contributed by atoms with E-state index >= 15 is 0 Å². The Kier molecular flexibility index (Phi) is 7.87. The van der Waals surface area contributed by atoms with Crippen molar-refractivity contribution in [1.29, 1.82) is 0 Å². The highest BCUT2D eigenvalue weighted by Gasteiger charge is 2.74. The number of aliphatic hydroxyl groups excluding tert-OH is 1. The Balaban J connectivity index is 1.43. The van der Waals surface area contributed by atoms with Gasteiger partial charge in [0.15, 0.2) is 0 Å². The highest BCUT2D eigenvalue weighted by Crippen LogP contribution is 2.66. The third kappa shape index (κ3) is 4.91. The molecule has 3 N–H and O–H groups in total. The third-order valence-corrected chi connectivity index (χ3v) is 10.8. The third-order valence-electron chi connectivity index (χ3n) is 8.90. The highest BCUT2D eigenvalue weighted by atomic mass is 32.2. The van der Waals surface area contributed by atoms with Crippen molar-refractivity contribution in [3.8, 4) is 0 Å². The number of aliphatic hydroxyl groups is 1. The van der Waals surface area contributed by atoms with Gasteiger partial charge in [-0.2, -0.15) is 0 Å². The minimum Gasteiger partial charge on any atom is -0.394 e. The van der Waals surface area contributed by atoms with Gasteiger partial charge in [-0.25, -0.2) is 0 Å². The smallest absolute Gasteiger partial charge is 0.244 e. The fourth-order valence-corrected chi connectivity index (χ4v) is 9.54. The second-order valence-corrected chi connectivity index (χ2v) is 13.4. The molecule has 5 rings (SSSR count). The largest absolute Gasteiger partial charge is 0.394 e. The van der Waals surface area contributed by atoms with Crippen molar-refractivity contribution >= 4 is 29.5 Å². The number of nitrogens with one attached hydrogen (secondary N) is 2. The summed E-state index contributed by atoms with van der Waals surface area (Å²) in [5.74, 6) is -1.04. The van der Waals surface area contributed by atoms with E-state index in [2.05, 4.69) is 24.5 Å². The van der Waals surface area contributed by atoms with Gasteiger partial charge < -0.3 is 20.6 Å². The van der Waals surface area contributed by atoms with Gasteiger partial charge >= 0.3 is 0 Å². The van der Waals surface area contributed by atoms with Crippen LogP contribution in [0.3, 0.4) is 0 Å². The molecule has 3 heterocycles. The van der Waals surface area contributed by atoms with E-state index < -0.39 is 28.7 Å². The molecule has 37 heavy (non-hydrogen) atoms. The molecule has 8 heteroatoms. The topological polar surface area (TPSA) is 98.7 Å². The van der Waals surface area contributed by atoms with Gasteiger partial charge in [-0.3, -0.25) is 14.4 Å². The zero-order valence-corrected chi connectivity index (χ0v) is 22.8. The van der Waals surface area contributed by atoms with Crippen LogP contribution in [0.1, 0.15) is 70.8 Å². The predicted molar refractivity (Wildman–Crippen MR) is 145 cm³/mol. The second kappa shape index (κ2) is 11.0. The average Bonchev–Trinajstić information content (AvgIpc) is 3.54. The number of nitrogens with zero attached hydrogens (tertiary/aromatic N) is 1. The SMILES string of the molecule is CC(C)C[C@H](CO)N1C(=O)[C@@H]2[C@H](C(=O)NCc3ccccc3)[C@@H]3CCC2(S3)C1C(=O)NC1CCCCC1. The van der Waals surface area contributed by atoms with Crippen molar-refractivity contribution in [3.63, 3.8) is 0 Å². The summed E-state index contributed by atoms with van der Waals surface area (Å²) in [6.07, 6.45) is 7.56. The first kappa shape index (κ1) is 26.5. The Morgan fingerprint density at radius 1 is 1.11 bits per heavy atom. The number of benzene rings is 1. The highest BCUT2D eigenvalue weighted by molar-refractivity contribution is 8.02. The summed E-state index contributed by atoms with van der Waals surface area (Å²) < 4.78 is -0.611. The minimum absolute atomic E-state index is 0.0366. The molecule has 1 aromatic carbocycles. The Morgan fingerprint density at radius 2 is 1.84 bits per heavy atom. The molecule has 2 bridgehead atoms. The summed E-state index contributed by atoms with van der Waals surface area (Å²) in [6, 6.07) is 8.85. The van der Waals surface area contributed by atoms with Crippen LogP contribution in [0.5, 0.6) is 0 Å². The lowest BCUT2D eigenvalue weighted by Gasteiger charge is -2.38. The molecule has 3 aliphatic heterocycles. The van der Waals surface area contributed by atoms with Crippen LogP contribution < -0.4 is 10.6 Å². The number of carbonyl (C=O) groups excluding carboxylic acids is 3. The molecule has 1 saturated carbocycles. The van der Waals surface area contributed by atoms with Gasteiger partial charge in [-0.1, -0.05) is 63.4 Å². The maximum Gasteiger partial charge on any atom is 0.244 e. The second-order valence-electron chi connectivity index (χ2n) is 11.8. The van der Waals surface area contributed by atoms with E-state index in [9.17, 15) is 19.5 Å². The molecular weight excluding hydrogens is 486 g/mol. The fraction of sp³-hybridized carbons (Fsp3) is 0.690.